The zero-order valence-corrected chi connectivity index (χ0v) is 6.36. The molecule has 0 N–H and O–H groups in total. The van der Waals surface area contributed by atoms with Crippen LogP contribution in [-0.4, -0.2) is 18.6 Å². The van der Waals surface area contributed by atoms with Gasteiger partial charge in [-0.05, 0) is 12.8 Å². The summed E-state index contributed by atoms with van der Waals surface area (Å²) >= 11 is 5.50. The number of hydrogen-bond donors (Lipinski definition) is 0. The number of ether oxygens (including phenoxy) is 1. The molecule has 54 valence electrons. The van der Waals surface area contributed by atoms with Gasteiger partial charge in [0.25, 0.3) is 0 Å². The van der Waals surface area contributed by atoms with Crippen molar-refractivity contribution in [3.8, 4) is 0 Å². The second kappa shape index (κ2) is 4.13. The van der Waals surface area contributed by atoms with Crippen LogP contribution in [0.3, 0.4) is 0 Å². The van der Waals surface area contributed by atoms with Crippen molar-refractivity contribution in [2.45, 2.75) is 31.8 Å². The largest absolute Gasteiger partial charge is 0.373 e. The number of alkyl halides is 1. The third-order valence-electron chi connectivity index (χ3n) is 1.56. The SMILES string of the molecule is ClCCCCCC1CO1. The van der Waals surface area contributed by atoms with E-state index in [2.05, 4.69) is 0 Å². The van der Waals surface area contributed by atoms with E-state index in [9.17, 15) is 0 Å². The molecule has 0 aromatic heterocycles. The molecule has 0 aliphatic carbocycles. The zero-order chi connectivity index (χ0) is 6.53. The molecule has 1 nitrogen and oxygen atoms in total. The Morgan fingerprint density at radius 1 is 1.33 bits per heavy atom. The first-order valence-electron chi connectivity index (χ1n) is 3.61. The molecule has 2 heteroatoms. The molecule has 0 bridgehead atoms. The fraction of sp³-hybridized carbons (Fsp3) is 1.00. The number of rotatable bonds is 5. The first kappa shape index (κ1) is 7.36. The van der Waals surface area contributed by atoms with E-state index in [0.717, 1.165) is 18.9 Å². The highest BCUT2D eigenvalue weighted by molar-refractivity contribution is 6.17. The van der Waals surface area contributed by atoms with Crippen LogP contribution in [0.25, 0.3) is 0 Å². The Labute approximate surface area is 61.3 Å². The second-order valence-corrected chi connectivity index (χ2v) is 2.87. The van der Waals surface area contributed by atoms with Crippen LogP contribution in [0.2, 0.25) is 0 Å². The predicted octanol–water partition coefficient (Wildman–Crippen LogP) is 2.18. The molecule has 1 saturated heterocycles. The molecule has 1 unspecified atom stereocenters. The number of halogens is 1. The highest BCUT2D eigenvalue weighted by Crippen LogP contribution is 2.16. The van der Waals surface area contributed by atoms with Crippen molar-refractivity contribution < 1.29 is 4.74 Å². The van der Waals surface area contributed by atoms with Crippen molar-refractivity contribution >= 4 is 11.6 Å². The Balaban J connectivity index is 1.71. The van der Waals surface area contributed by atoms with Crippen LogP contribution in [0.5, 0.6) is 0 Å². The lowest BCUT2D eigenvalue weighted by atomic mass is 10.2. The van der Waals surface area contributed by atoms with Crippen LogP contribution in [0.4, 0.5) is 0 Å². The van der Waals surface area contributed by atoms with Gasteiger partial charge in [0, 0.05) is 5.88 Å². The Kier molecular flexibility index (Phi) is 3.37. The minimum absolute atomic E-state index is 0.611. The molecular formula is C7H13ClO. The lowest BCUT2D eigenvalue weighted by molar-refractivity contribution is 0.389. The van der Waals surface area contributed by atoms with Crippen molar-refractivity contribution in [2.24, 2.45) is 0 Å². The molecule has 1 fully saturated rings. The van der Waals surface area contributed by atoms with Gasteiger partial charge < -0.3 is 4.74 Å². The van der Waals surface area contributed by atoms with Gasteiger partial charge in [0.15, 0.2) is 0 Å². The molecule has 0 aromatic carbocycles. The molecule has 0 spiro atoms. The Bertz CT molecular complexity index is 71.3. The molecule has 1 rings (SSSR count). The van der Waals surface area contributed by atoms with Crippen molar-refractivity contribution in [3.05, 3.63) is 0 Å². The summed E-state index contributed by atoms with van der Waals surface area (Å²) in [6, 6.07) is 0. The van der Waals surface area contributed by atoms with E-state index < -0.39 is 0 Å². The summed E-state index contributed by atoms with van der Waals surface area (Å²) in [5, 5.41) is 0. The minimum atomic E-state index is 0.611. The standard InChI is InChI=1S/C7H13ClO/c8-5-3-1-2-4-7-6-9-7/h7H,1-6H2. The van der Waals surface area contributed by atoms with Crippen LogP contribution < -0.4 is 0 Å². The summed E-state index contributed by atoms with van der Waals surface area (Å²) in [6.45, 7) is 1.00. The van der Waals surface area contributed by atoms with E-state index in [1.807, 2.05) is 0 Å². The van der Waals surface area contributed by atoms with Gasteiger partial charge in [0.2, 0.25) is 0 Å². The molecule has 0 saturated carbocycles. The van der Waals surface area contributed by atoms with Crippen molar-refractivity contribution in [3.63, 3.8) is 0 Å². The van der Waals surface area contributed by atoms with Crippen LogP contribution in [-0.2, 0) is 4.74 Å². The first-order valence-corrected chi connectivity index (χ1v) is 4.14. The minimum Gasteiger partial charge on any atom is -0.373 e. The summed E-state index contributed by atoms with van der Waals surface area (Å²) in [5.41, 5.74) is 0. The molecule has 1 aliphatic heterocycles. The normalized spacial score (nSPS) is 24.3. The lowest BCUT2D eigenvalue weighted by Crippen LogP contribution is -1.85. The monoisotopic (exact) mass is 148 g/mol. The summed E-state index contributed by atoms with van der Waals surface area (Å²) in [7, 11) is 0. The van der Waals surface area contributed by atoms with Gasteiger partial charge in [0.05, 0.1) is 12.7 Å². The van der Waals surface area contributed by atoms with E-state index in [1.165, 1.54) is 19.3 Å². The average molecular weight is 149 g/mol. The molecule has 9 heavy (non-hydrogen) atoms. The topological polar surface area (TPSA) is 12.5 Å². The van der Waals surface area contributed by atoms with Gasteiger partial charge in [-0.2, -0.15) is 0 Å². The fourth-order valence-corrected chi connectivity index (χ4v) is 1.07. The van der Waals surface area contributed by atoms with E-state index in [1.54, 1.807) is 0 Å². The van der Waals surface area contributed by atoms with Crippen molar-refractivity contribution in [1.29, 1.82) is 0 Å². The van der Waals surface area contributed by atoms with Crippen molar-refractivity contribution in [2.75, 3.05) is 12.5 Å². The maximum Gasteiger partial charge on any atom is 0.0810 e. The van der Waals surface area contributed by atoms with E-state index in [0.29, 0.717) is 6.10 Å². The molecule has 0 amide bonds. The number of unbranched alkanes of at least 4 members (excludes halogenated alkanes) is 2. The van der Waals surface area contributed by atoms with Gasteiger partial charge in [-0.1, -0.05) is 12.8 Å². The third-order valence-corrected chi connectivity index (χ3v) is 1.83. The molecule has 1 heterocycles. The van der Waals surface area contributed by atoms with Crippen LogP contribution in [0, 0.1) is 0 Å². The van der Waals surface area contributed by atoms with E-state index in [4.69, 9.17) is 16.3 Å². The third kappa shape index (κ3) is 3.77. The molecule has 1 aliphatic rings. The first-order chi connectivity index (χ1) is 4.43. The summed E-state index contributed by atoms with van der Waals surface area (Å²) in [4.78, 5) is 0. The van der Waals surface area contributed by atoms with Crippen LogP contribution in [0.1, 0.15) is 25.7 Å². The van der Waals surface area contributed by atoms with Gasteiger partial charge in [-0.15, -0.1) is 11.6 Å². The number of hydrogen-bond acceptors (Lipinski definition) is 1. The second-order valence-electron chi connectivity index (χ2n) is 2.49. The van der Waals surface area contributed by atoms with Gasteiger partial charge >= 0.3 is 0 Å². The molecule has 1 atom stereocenters. The Hall–Kier alpha value is 0.250. The van der Waals surface area contributed by atoms with Gasteiger partial charge in [-0.3, -0.25) is 0 Å². The maximum absolute atomic E-state index is 5.50. The van der Waals surface area contributed by atoms with E-state index in [-0.39, 0.29) is 0 Å². The van der Waals surface area contributed by atoms with E-state index >= 15 is 0 Å². The van der Waals surface area contributed by atoms with Crippen molar-refractivity contribution in [1.82, 2.24) is 0 Å². The summed E-state index contributed by atoms with van der Waals surface area (Å²) in [5.74, 6) is 0.811. The molecule has 0 radical (unpaired) electrons. The predicted molar refractivity (Wildman–Crippen MR) is 38.9 cm³/mol. The van der Waals surface area contributed by atoms with Gasteiger partial charge in [0.1, 0.15) is 0 Å². The summed E-state index contributed by atoms with van der Waals surface area (Å²) < 4.78 is 5.06. The van der Waals surface area contributed by atoms with Crippen LogP contribution in [0.15, 0.2) is 0 Å². The quantitative estimate of drug-likeness (QED) is 0.331. The smallest absolute Gasteiger partial charge is 0.0810 e. The fourth-order valence-electron chi connectivity index (χ4n) is 0.878. The van der Waals surface area contributed by atoms with Gasteiger partial charge in [-0.25, -0.2) is 0 Å². The zero-order valence-electron chi connectivity index (χ0n) is 5.61. The highest BCUT2D eigenvalue weighted by Gasteiger charge is 2.20. The van der Waals surface area contributed by atoms with Crippen LogP contribution >= 0.6 is 11.6 Å². The number of epoxide rings is 1. The lowest BCUT2D eigenvalue weighted by Gasteiger charge is -1.93. The Morgan fingerprint density at radius 3 is 2.67 bits per heavy atom. The average Bonchev–Trinajstić information content (AvgIpc) is 2.63. The maximum atomic E-state index is 5.50. The summed E-state index contributed by atoms with van der Waals surface area (Å²) in [6.07, 6.45) is 5.58. The highest BCUT2D eigenvalue weighted by atomic mass is 35.5. The molecule has 0 aromatic rings. The Morgan fingerprint density at radius 2 is 2.11 bits per heavy atom. The molecular weight excluding hydrogens is 136 g/mol.